The highest BCUT2D eigenvalue weighted by molar-refractivity contribution is 5.83. The molecule has 3 heterocycles. The normalized spacial score (nSPS) is 23.2. The number of alkyl halides is 2. The lowest BCUT2D eigenvalue weighted by Gasteiger charge is -2.36. The first-order valence-electron chi connectivity index (χ1n) is 13.4. The number of ether oxygens (including phenoxy) is 2. The summed E-state index contributed by atoms with van der Waals surface area (Å²) in [6.45, 7) is 3.29. The molecule has 2 atom stereocenters. The maximum Gasteiger partial charge on any atom is 0.262 e. The zero-order valence-corrected chi connectivity index (χ0v) is 21.2. The second-order valence-electron chi connectivity index (χ2n) is 10.8. The summed E-state index contributed by atoms with van der Waals surface area (Å²) in [5, 5.41) is 4.51. The van der Waals surface area contributed by atoms with Gasteiger partial charge in [-0.05, 0) is 73.5 Å². The molecule has 0 radical (unpaired) electrons. The summed E-state index contributed by atoms with van der Waals surface area (Å²) in [4.78, 5) is 15.2. The Balaban J connectivity index is 1.12. The summed E-state index contributed by atoms with van der Waals surface area (Å²) >= 11 is 0. The molecule has 2 saturated heterocycles. The lowest BCUT2D eigenvalue weighted by atomic mass is 9.88. The van der Waals surface area contributed by atoms with E-state index in [2.05, 4.69) is 5.32 Å². The Morgan fingerprint density at radius 3 is 2.74 bits per heavy atom. The first-order chi connectivity index (χ1) is 18.3. The zero-order valence-electron chi connectivity index (χ0n) is 21.2. The van der Waals surface area contributed by atoms with Gasteiger partial charge in [0, 0.05) is 56.2 Å². The standard InChI is InChI=1S/C29H32F3N3O3/c30-26-13-22(3-6-27(26)34-9-7-19(17-34)16-33-21-14-29(31,32)15-21)35-10-8-20-12-23(4-5-25(20)28(35)36)38-18-24-2-1-11-37-24/h3-6,8,10,12-13,19,21,24,33H,1-2,7,9,11,14-18H2/t19?,24-/m1/s1. The molecule has 0 bridgehead atoms. The van der Waals surface area contributed by atoms with Gasteiger partial charge >= 0.3 is 0 Å². The molecular formula is C29H32F3N3O3. The maximum absolute atomic E-state index is 15.2. The van der Waals surface area contributed by atoms with Crippen molar-refractivity contribution in [1.82, 2.24) is 9.88 Å². The van der Waals surface area contributed by atoms with E-state index in [9.17, 15) is 13.6 Å². The van der Waals surface area contributed by atoms with Crippen molar-refractivity contribution in [3.05, 3.63) is 64.8 Å². The topological polar surface area (TPSA) is 55.7 Å². The average molecular weight is 528 g/mol. The van der Waals surface area contributed by atoms with Crippen LogP contribution in [-0.2, 0) is 4.74 Å². The quantitative estimate of drug-likeness (QED) is 0.452. The van der Waals surface area contributed by atoms with E-state index >= 15 is 4.39 Å². The fraction of sp³-hybridized carbons (Fsp3) is 0.483. The number of pyridine rings is 1. The Bertz CT molecular complexity index is 1360. The van der Waals surface area contributed by atoms with Crippen LogP contribution in [0.3, 0.4) is 0 Å². The predicted octanol–water partition coefficient (Wildman–Crippen LogP) is 4.90. The molecule has 0 spiro atoms. The Morgan fingerprint density at radius 1 is 1.11 bits per heavy atom. The minimum absolute atomic E-state index is 0.0988. The van der Waals surface area contributed by atoms with E-state index in [1.807, 2.05) is 17.0 Å². The van der Waals surface area contributed by atoms with E-state index in [1.165, 1.54) is 10.6 Å². The smallest absolute Gasteiger partial charge is 0.262 e. The van der Waals surface area contributed by atoms with Gasteiger partial charge in [-0.25, -0.2) is 13.2 Å². The van der Waals surface area contributed by atoms with E-state index < -0.39 is 5.92 Å². The third-order valence-corrected chi connectivity index (χ3v) is 7.96. The van der Waals surface area contributed by atoms with Gasteiger partial charge in [-0.3, -0.25) is 9.36 Å². The number of benzene rings is 2. The summed E-state index contributed by atoms with van der Waals surface area (Å²) in [6, 6.07) is 11.9. The van der Waals surface area contributed by atoms with Gasteiger partial charge in [-0.2, -0.15) is 0 Å². The lowest BCUT2D eigenvalue weighted by Crippen LogP contribution is -2.49. The van der Waals surface area contributed by atoms with E-state index in [0.717, 1.165) is 31.3 Å². The van der Waals surface area contributed by atoms with Gasteiger partial charge in [-0.1, -0.05) is 0 Å². The van der Waals surface area contributed by atoms with Gasteiger partial charge in [0.1, 0.15) is 18.2 Å². The van der Waals surface area contributed by atoms with Crippen molar-refractivity contribution in [2.24, 2.45) is 5.92 Å². The minimum Gasteiger partial charge on any atom is -0.491 e. The Hall–Kier alpha value is -3.04. The highest BCUT2D eigenvalue weighted by Gasteiger charge is 2.45. The largest absolute Gasteiger partial charge is 0.491 e. The highest BCUT2D eigenvalue weighted by atomic mass is 19.3. The van der Waals surface area contributed by atoms with Crippen LogP contribution in [0.25, 0.3) is 16.5 Å². The van der Waals surface area contributed by atoms with Crippen molar-refractivity contribution in [2.75, 3.05) is 37.7 Å². The number of aromatic nitrogens is 1. The summed E-state index contributed by atoms with van der Waals surface area (Å²) < 4.78 is 54.2. The SMILES string of the molecule is O=c1c2ccc(OC[C@H]3CCCO3)cc2ccn1-c1ccc(N2CCC(CNC3CC(F)(F)C3)C2)c(F)c1. The fourth-order valence-corrected chi connectivity index (χ4v) is 5.74. The van der Waals surface area contributed by atoms with Crippen molar-refractivity contribution >= 4 is 16.5 Å². The molecule has 202 valence electrons. The number of nitrogens with zero attached hydrogens (tertiary/aromatic N) is 2. The molecular weight excluding hydrogens is 495 g/mol. The van der Waals surface area contributed by atoms with Crippen molar-refractivity contribution in [2.45, 2.75) is 50.2 Å². The van der Waals surface area contributed by atoms with Crippen LogP contribution < -0.4 is 20.5 Å². The van der Waals surface area contributed by atoms with Crippen LogP contribution in [0.4, 0.5) is 18.9 Å². The number of rotatable bonds is 8. The monoisotopic (exact) mass is 527 g/mol. The molecule has 1 aromatic heterocycles. The molecule has 6 nitrogen and oxygen atoms in total. The molecule has 1 N–H and O–H groups in total. The second-order valence-corrected chi connectivity index (χ2v) is 10.8. The van der Waals surface area contributed by atoms with Crippen molar-refractivity contribution in [1.29, 1.82) is 0 Å². The number of hydrogen-bond acceptors (Lipinski definition) is 5. The second kappa shape index (κ2) is 10.3. The number of anilines is 1. The van der Waals surface area contributed by atoms with Crippen molar-refractivity contribution in [3.63, 3.8) is 0 Å². The summed E-state index contributed by atoms with van der Waals surface area (Å²) in [6.07, 6.45) is 4.49. The third-order valence-electron chi connectivity index (χ3n) is 7.96. The van der Waals surface area contributed by atoms with Crippen LogP contribution in [-0.4, -0.2) is 55.5 Å². The maximum atomic E-state index is 15.2. The van der Waals surface area contributed by atoms with Crippen LogP contribution in [0.1, 0.15) is 32.1 Å². The fourth-order valence-electron chi connectivity index (χ4n) is 5.74. The first-order valence-corrected chi connectivity index (χ1v) is 13.4. The molecule has 3 aromatic rings. The third kappa shape index (κ3) is 5.27. The van der Waals surface area contributed by atoms with Gasteiger partial charge in [0.25, 0.3) is 11.5 Å². The molecule has 6 rings (SSSR count). The summed E-state index contributed by atoms with van der Waals surface area (Å²) in [5.74, 6) is -1.95. The predicted molar refractivity (Wildman–Crippen MR) is 140 cm³/mol. The summed E-state index contributed by atoms with van der Waals surface area (Å²) in [7, 11) is 0. The van der Waals surface area contributed by atoms with Gasteiger partial charge in [0.2, 0.25) is 0 Å². The molecule has 2 aliphatic heterocycles. The number of hydrogen-bond donors (Lipinski definition) is 1. The van der Waals surface area contributed by atoms with E-state index in [-0.39, 0.29) is 42.3 Å². The van der Waals surface area contributed by atoms with Gasteiger partial charge in [-0.15, -0.1) is 0 Å². The van der Waals surface area contributed by atoms with E-state index in [0.29, 0.717) is 48.8 Å². The number of halogens is 3. The molecule has 0 amide bonds. The number of nitrogens with one attached hydrogen (secondary N) is 1. The average Bonchev–Trinajstić information content (AvgIpc) is 3.57. The molecule has 1 unspecified atom stereocenters. The molecule has 2 aromatic carbocycles. The molecule has 9 heteroatoms. The molecule has 3 aliphatic rings. The first kappa shape index (κ1) is 25.2. The zero-order chi connectivity index (χ0) is 26.3. The molecule has 1 saturated carbocycles. The van der Waals surface area contributed by atoms with Gasteiger partial charge < -0.3 is 19.7 Å². The van der Waals surface area contributed by atoms with Crippen LogP contribution in [0.2, 0.25) is 0 Å². The van der Waals surface area contributed by atoms with Crippen LogP contribution in [0.15, 0.2) is 53.5 Å². The lowest BCUT2D eigenvalue weighted by molar-refractivity contribution is -0.0930. The molecule has 1 aliphatic carbocycles. The van der Waals surface area contributed by atoms with Gasteiger partial charge in [0.05, 0.1) is 17.5 Å². The van der Waals surface area contributed by atoms with Crippen LogP contribution in [0, 0.1) is 11.7 Å². The van der Waals surface area contributed by atoms with Crippen LogP contribution in [0.5, 0.6) is 5.75 Å². The Kier molecular flexibility index (Phi) is 6.82. The van der Waals surface area contributed by atoms with Gasteiger partial charge in [0.15, 0.2) is 0 Å². The molecule has 38 heavy (non-hydrogen) atoms. The Labute approximate surface area is 219 Å². The van der Waals surface area contributed by atoms with E-state index in [4.69, 9.17) is 9.47 Å². The van der Waals surface area contributed by atoms with E-state index in [1.54, 1.807) is 30.5 Å². The summed E-state index contributed by atoms with van der Waals surface area (Å²) in [5.41, 5.74) is 0.725. The number of fused-ring (bicyclic) bond motifs is 1. The minimum atomic E-state index is -2.53. The van der Waals surface area contributed by atoms with Crippen molar-refractivity contribution < 1.29 is 22.6 Å². The molecule has 3 fully saturated rings. The highest BCUT2D eigenvalue weighted by Crippen LogP contribution is 2.37. The Morgan fingerprint density at radius 2 is 1.97 bits per heavy atom. The van der Waals surface area contributed by atoms with Crippen LogP contribution >= 0.6 is 0 Å². The van der Waals surface area contributed by atoms with Crippen molar-refractivity contribution in [3.8, 4) is 11.4 Å².